The van der Waals surface area contributed by atoms with Gasteiger partial charge in [-0.05, 0) is 24.3 Å². The number of anilines is 2. The summed E-state index contributed by atoms with van der Waals surface area (Å²) in [5, 5.41) is 20.0. The van der Waals surface area contributed by atoms with Crippen LogP contribution in [0.5, 0.6) is 5.75 Å². The molecule has 0 aliphatic carbocycles. The molecule has 3 heterocycles. The number of nitrogens with zero attached hydrogens (tertiary/aromatic N) is 3. The average molecular weight is 395 g/mol. The molecule has 4 N–H and O–H groups in total. The number of ether oxygens (including phenoxy) is 1. The average Bonchev–Trinajstić information content (AvgIpc) is 3.35. The smallest absolute Gasteiger partial charge is 0.276 e. The standard InChI is InChI=1S/C19H21N7O3/c1-29-14-4-2-12(3-5-14)22-17(27)11-26-10-13(8-21-26)23-19(28)18-15-9-20-7-6-16(15)24-25-18/h2-5,8,10,20H,6-7,9,11H2,1H3,(H,22,27)(H,23,28)(H,24,25). The molecule has 1 aromatic carbocycles. The molecule has 29 heavy (non-hydrogen) atoms. The Bertz CT molecular complexity index is 1020. The first kappa shape index (κ1) is 18.7. The van der Waals surface area contributed by atoms with Crippen LogP contribution in [0.15, 0.2) is 36.7 Å². The molecule has 2 aromatic heterocycles. The van der Waals surface area contributed by atoms with Gasteiger partial charge in [-0.25, -0.2) is 0 Å². The lowest BCUT2D eigenvalue weighted by Crippen LogP contribution is -2.25. The third-order valence-corrected chi connectivity index (χ3v) is 4.59. The normalized spacial score (nSPS) is 12.9. The molecule has 3 aromatic rings. The van der Waals surface area contributed by atoms with E-state index in [1.165, 1.54) is 10.9 Å². The van der Waals surface area contributed by atoms with E-state index in [2.05, 4.69) is 31.2 Å². The molecule has 0 fully saturated rings. The van der Waals surface area contributed by atoms with Crippen molar-refractivity contribution >= 4 is 23.2 Å². The predicted molar refractivity (Wildman–Crippen MR) is 106 cm³/mol. The largest absolute Gasteiger partial charge is 0.497 e. The van der Waals surface area contributed by atoms with Crippen LogP contribution >= 0.6 is 0 Å². The SMILES string of the molecule is COc1ccc(NC(=O)Cn2cc(NC(=O)c3n[nH]c4c3CNCC4)cn2)cc1. The first-order chi connectivity index (χ1) is 14.1. The summed E-state index contributed by atoms with van der Waals surface area (Å²) in [7, 11) is 1.58. The van der Waals surface area contributed by atoms with Crippen molar-refractivity contribution in [1.29, 1.82) is 0 Å². The molecule has 1 aliphatic rings. The highest BCUT2D eigenvalue weighted by atomic mass is 16.5. The second kappa shape index (κ2) is 8.15. The van der Waals surface area contributed by atoms with E-state index < -0.39 is 0 Å². The molecule has 1 aliphatic heterocycles. The van der Waals surface area contributed by atoms with Crippen molar-refractivity contribution in [1.82, 2.24) is 25.3 Å². The van der Waals surface area contributed by atoms with Crippen LogP contribution in [0.4, 0.5) is 11.4 Å². The Balaban J connectivity index is 1.35. The maximum Gasteiger partial charge on any atom is 0.276 e. The van der Waals surface area contributed by atoms with Crippen molar-refractivity contribution in [2.75, 3.05) is 24.3 Å². The van der Waals surface area contributed by atoms with Gasteiger partial charge < -0.3 is 20.7 Å². The summed E-state index contributed by atoms with van der Waals surface area (Å²) in [6.45, 7) is 1.49. The Labute approximate surface area is 166 Å². The van der Waals surface area contributed by atoms with Crippen LogP contribution in [0.2, 0.25) is 0 Å². The number of carbonyl (C=O) groups excluding carboxylic acids is 2. The molecule has 10 nitrogen and oxygen atoms in total. The van der Waals surface area contributed by atoms with E-state index >= 15 is 0 Å². The van der Waals surface area contributed by atoms with Crippen LogP contribution in [-0.2, 0) is 24.3 Å². The highest BCUT2D eigenvalue weighted by Gasteiger charge is 2.22. The molecule has 0 unspecified atom stereocenters. The molecule has 4 rings (SSSR count). The van der Waals surface area contributed by atoms with E-state index in [0.29, 0.717) is 29.4 Å². The van der Waals surface area contributed by atoms with Crippen LogP contribution in [0.3, 0.4) is 0 Å². The summed E-state index contributed by atoms with van der Waals surface area (Å²) in [5.74, 6) is 0.168. The van der Waals surface area contributed by atoms with Crippen LogP contribution in [0.25, 0.3) is 0 Å². The summed E-state index contributed by atoms with van der Waals surface area (Å²) in [4.78, 5) is 24.7. The van der Waals surface area contributed by atoms with Gasteiger partial charge in [-0.1, -0.05) is 0 Å². The number of aromatic nitrogens is 4. The molecular formula is C19H21N7O3. The molecule has 0 bridgehead atoms. The fraction of sp³-hybridized carbons (Fsp3) is 0.263. The van der Waals surface area contributed by atoms with Gasteiger partial charge in [0.1, 0.15) is 12.3 Å². The predicted octanol–water partition coefficient (Wildman–Crippen LogP) is 1.15. The molecular weight excluding hydrogens is 374 g/mol. The Kier molecular flexibility index (Phi) is 5.25. The van der Waals surface area contributed by atoms with Gasteiger partial charge >= 0.3 is 0 Å². The Hall–Kier alpha value is -3.66. The number of nitrogens with one attached hydrogen (secondary N) is 4. The van der Waals surface area contributed by atoms with E-state index in [1.54, 1.807) is 37.6 Å². The molecule has 0 atom stereocenters. The van der Waals surface area contributed by atoms with Crippen molar-refractivity contribution in [3.8, 4) is 5.75 Å². The molecule has 0 radical (unpaired) electrons. The van der Waals surface area contributed by atoms with Crippen LogP contribution in [0, 0.1) is 0 Å². The van der Waals surface area contributed by atoms with E-state index in [-0.39, 0.29) is 18.4 Å². The Morgan fingerprint density at radius 2 is 2.03 bits per heavy atom. The third-order valence-electron chi connectivity index (χ3n) is 4.59. The van der Waals surface area contributed by atoms with Gasteiger partial charge in [0.2, 0.25) is 5.91 Å². The highest BCUT2D eigenvalue weighted by molar-refractivity contribution is 6.04. The number of benzene rings is 1. The topological polar surface area (TPSA) is 126 Å². The molecule has 10 heteroatoms. The number of rotatable bonds is 6. The van der Waals surface area contributed by atoms with Crippen LogP contribution in [0.1, 0.15) is 21.7 Å². The first-order valence-corrected chi connectivity index (χ1v) is 9.17. The number of hydrogen-bond donors (Lipinski definition) is 4. The molecule has 2 amide bonds. The summed E-state index contributed by atoms with van der Waals surface area (Å²) < 4.78 is 6.54. The van der Waals surface area contributed by atoms with Gasteiger partial charge in [0.15, 0.2) is 5.69 Å². The van der Waals surface area contributed by atoms with Gasteiger partial charge in [0, 0.05) is 42.7 Å². The highest BCUT2D eigenvalue weighted by Crippen LogP contribution is 2.17. The summed E-state index contributed by atoms with van der Waals surface area (Å²) in [6.07, 6.45) is 3.91. The molecule has 0 spiro atoms. The van der Waals surface area contributed by atoms with Crippen molar-refractivity contribution in [3.05, 3.63) is 53.6 Å². The number of amides is 2. The quantitative estimate of drug-likeness (QED) is 0.496. The minimum absolute atomic E-state index is 0.0175. The van der Waals surface area contributed by atoms with Gasteiger partial charge in [-0.2, -0.15) is 10.2 Å². The maximum atomic E-state index is 12.5. The maximum absolute atomic E-state index is 12.5. The van der Waals surface area contributed by atoms with Crippen molar-refractivity contribution < 1.29 is 14.3 Å². The number of methoxy groups -OCH3 is 1. The van der Waals surface area contributed by atoms with E-state index in [0.717, 1.165) is 24.2 Å². The van der Waals surface area contributed by atoms with Crippen LogP contribution < -0.4 is 20.7 Å². The lowest BCUT2D eigenvalue weighted by molar-refractivity contribution is -0.116. The number of hydrogen-bond acceptors (Lipinski definition) is 6. The van der Waals surface area contributed by atoms with Gasteiger partial charge in [0.05, 0.1) is 19.0 Å². The van der Waals surface area contributed by atoms with E-state index in [4.69, 9.17) is 4.74 Å². The second-order valence-corrected chi connectivity index (χ2v) is 6.61. The molecule has 150 valence electrons. The van der Waals surface area contributed by atoms with E-state index in [9.17, 15) is 9.59 Å². The minimum atomic E-state index is -0.312. The fourth-order valence-electron chi connectivity index (χ4n) is 3.14. The number of carbonyl (C=O) groups is 2. The van der Waals surface area contributed by atoms with Crippen molar-refractivity contribution in [2.24, 2.45) is 0 Å². The minimum Gasteiger partial charge on any atom is -0.497 e. The molecule has 0 saturated carbocycles. The lowest BCUT2D eigenvalue weighted by atomic mass is 10.1. The number of aromatic amines is 1. The molecule has 0 saturated heterocycles. The lowest BCUT2D eigenvalue weighted by Gasteiger charge is -2.12. The van der Waals surface area contributed by atoms with Crippen LogP contribution in [-0.4, -0.2) is 45.4 Å². The zero-order valence-corrected chi connectivity index (χ0v) is 15.9. The van der Waals surface area contributed by atoms with Gasteiger partial charge in [-0.15, -0.1) is 0 Å². The summed E-state index contributed by atoms with van der Waals surface area (Å²) in [5.41, 5.74) is 3.40. The van der Waals surface area contributed by atoms with Gasteiger partial charge in [0.25, 0.3) is 5.91 Å². The monoisotopic (exact) mass is 395 g/mol. The zero-order chi connectivity index (χ0) is 20.2. The fourth-order valence-corrected chi connectivity index (χ4v) is 3.14. The Morgan fingerprint density at radius 3 is 2.83 bits per heavy atom. The van der Waals surface area contributed by atoms with Gasteiger partial charge in [-0.3, -0.25) is 19.4 Å². The van der Waals surface area contributed by atoms with Crippen molar-refractivity contribution in [3.63, 3.8) is 0 Å². The second-order valence-electron chi connectivity index (χ2n) is 6.61. The number of H-pyrrole nitrogens is 1. The van der Waals surface area contributed by atoms with E-state index in [1.807, 2.05) is 0 Å². The third kappa shape index (κ3) is 4.27. The Morgan fingerprint density at radius 1 is 1.21 bits per heavy atom. The first-order valence-electron chi connectivity index (χ1n) is 9.17. The zero-order valence-electron chi connectivity index (χ0n) is 15.9. The summed E-state index contributed by atoms with van der Waals surface area (Å²) >= 11 is 0. The summed E-state index contributed by atoms with van der Waals surface area (Å²) in [6, 6.07) is 7.04. The number of fused-ring (bicyclic) bond motifs is 1. The van der Waals surface area contributed by atoms with Crippen molar-refractivity contribution in [2.45, 2.75) is 19.5 Å².